The average molecular weight is 207 g/mol. The predicted molar refractivity (Wildman–Crippen MR) is 51.3 cm³/mol. The zero-order chi connectivity index (χ0) is 10.8. The lowest BCUT2D eigenvalue weighted by molar-refractivity contribution is 0.473. The Labute approximate surface area is 84.8 Å². The third kappa shape index (κ3) is 2.10. The van der Waals surface area contributed by atoms with Gasteiger partial charge in [-0.2, -0.15) is 0 Å². The Balaban J connectivity index is 2.49. The molecule has 0 unspecified atom stereocenters. The molecule has 0 aliphatic heterocycles. The molecule has 0 saturated carbocycles. The van der Waals surface area contributed by atoms with Crippen molar-refractivity contribution in [2.24, 2.45) is 0 Å². The summed E-state index contributed by atoms with van der Waals surface area (Å²) in [7, 11) is 0. The van der Waals surface area contributed by atoms with Gasteiger partial charge in [0.15, 0.2) is 0 Å². The van der Waals surface area contributed by atoms with Gasteiger partial charge in [-0.05, 0) is 24.3 Å². The summed E-state index contributed by atoms with van der Waals surface area (Å²) in [5.74, 6) is -1.30. The lowest BCUT2D eigenvalue weighted by Gasteiger charge is -2.01. The molecule has 0 radical (unpaired) electrons. The smallest absolute Gasteiger partial charge is 0.133 e. The molecule has 0 bridgehead atoms. The van der Waals surface area contributed by atoms with Gasteiger partial charge in [-0.15, -0.1) is 0 Å². The van der Waals surface area contributed by atoms with Gasteiger partial charge in [-0.1, -0.05) is 0 Å². The maximum atomic E-state index is 12.9. The molecule has 76 valence electrons. The van der Waals surface area contributed by atoms with Crippen LogP contribution in [0.15, 0.2) is 36.5 Å². The van der Waals surface area contributed by atoms with Crippen molar-refractivity contribution in [3.8, 4) is 17.0 Å². The van der Waals surface area contributed by atoms with E-state index in [2.05, 4.69) is 4.98 Å². The summed E-state index contributed by atoms with van der Waals surface area (Å²) < 4.78 is 25.8. The van der Waals surface area contributed by atoms with Gasteiger partial charge in [0.1, 0.15) is 17.4 Å². The van der Waals surface area contributed by atoms with Crippen molar-refractivity contribution in [1.82, 2.24) is 4.98 Å². The van der Waals surface area contributed by atoms with E-state index in [0.29, 0.717) is 11.3 Å². The number of halogens is 2. The minimum Gasteiger partial charge on any atom is -0.506 e. The fraction of sp³-hybridized carbons (Fsp3) is 0. The van der Waals surface area contributed by atoms with Crippen molar-refractivity contribution in [3.63, 3.8) is 0 Å². The minimum absolute atomic E-state index is 0.00984. The lowest BCUT2D eigenvalue weighted by Crippen LogP contribution is -1.86. The Bertz CT molecular complexity index is 462. The van der Waals surface area contributed by atoms with E-state index in [0.717, 1.165) is 6.07 Å². The van der Waals surface area contributed by atoms with Crippen molar-refractivity contribution >= 4 is 0 Å². The van der Waals surface area contributed by atoms with Crippen LogP contribution >= 0.6 is 0 Å². The fourth-order valence-corrected chi connectivity index (χ4v) is 1.26. The molecule has 1 aromatic heterocycles. The number of hydrogen-bond acceptors (Lipinski definition) is 2. The van der Waals surface area contributed by atoms with E-state index in [4.69, 9.17) is 5.11 Å². The van der Waals surface area contributed by atoms with E-state index in [1.54, 1.807) is 0 Å². The van der Waals surface area contributed by atoms with Crippen molar-refractivity contribution in [3.05, 3.63) is 48.2 Å². The third-order valence-corrected chi connectivity index (χ3v) is 1.91. The zero-order valence-corrected chi connectivity index (χ0v) is 7.61. The molecule has 2 nitrogen and oxygen atoms in total. The molecule has 0 aliphatic rings. The number of nitrogens with zero attached hydrogens (tertiary/aromatic N) is 1. The molecular weight excluding hydrogens is 200 g/mol. The van der Waals surface area contributed by atoms with Crippen LogP contribution in [0.2, 0.25) is 0 Å². The highest BCUT2D eigenvalue weighted by Gasteiger charge is 2.04. The summed E-state index contributed by atoms with van der Waals surface area (Å²) in [6, 6.07) is 6.06. The number of pyridine rings is 1. The van der Waals surface area contributed by atoms with E-state index in [9.17, 15) is 8.78 Å². The first-order valence-electron chi connectivity index (χ1n) is 4.26. The van der Waals surface area contributed by atoms with Crippen molar-refractivity contribution < 1.29 is 13.9 Å². The van der Waals surface area contributed by atoms with Crippen LogP contribution in [0.1, 0.15) is 0 Å². The van der Waals surface area contributed by atoms with Gasteiger partial charge in [-0.3, -0.25) is 4.98 Å². The molecule has 1 N–H and O–H groups in total. The molecule has 4 heteroatoms. The number of hydrogen-bond donors (Lipinski definition) is 1. The van der Waals surface area contributed by atoms with Gasteiger partial charge >= 0.3 is 0 Å². The van der Waals surface area contributed by atoms with Crippen LogP contribution in [-0.4, -0.2) is 10.1 Å². The molecule has 0 fully saturated rings. The summed E-state index contributed by atoms with van der Waals surface area (Å²) in [5.41, 5.74) is 0.749. The second-order valence-electron chi connectivity index (χ2n) is 3.06. The quantitative estimate of drug-likeness (QED) is 0.779. The Kier molecular flexibility index (Phi) is 2.33. The first-order chi connectivity index (χ1) is 7.15. The molecule has 0 aliphatic carbocycles. The first-order valence-corrected chi connectivity index (χ1v) is 4.26. The Morgan fingerprint density at radius 2 is 1.67 bits per heavy atom. The molecule has 2 rings (SSSR count). The lowest BCUT2D eigenvalue weighted by atomic mass is 10.1. The second kappa shape index (κ2) is 3.65. The van der Waals surface area contributed by atoms with E-state index in [-0.39, 0.29) is 5.75 Å². The van der Waals surface area contributed by atoms with Gasteiger partial charge in [0.05, 0.1) is 11.9 Å². The molecular formula is C11H7F2NO. The minimum atomic E-state index is -0.653. The molecule has 2 aromatic rings. The zero-order valence-electron chi connectivity index (χ0n) is 7.61. The van der Waals surface area contributed by atoms with Crippen LogP contribution in [0.4, 0.5) is 8.78 Å². The standard InChI is InChI=1S/C11H7F2NO/c12-8-3-7(4-9(13)5-8)11-2-1-10(15)6-14-11/h1-6,15H. The average Bonchev–Trinajstić information content (AvgIpc) is 2.17. The highest BCUT2D eigenvalue weighted by molar-refractivity contribution is 5.59. The predicted octanol–water partition coefficient (Wildman–Crippen LogP) is 2.73. The van der Waals surface area contributed by atoms with Gasteiger partial charge in [0, 0.05) is 11.6 Å². The highest BCUT2D eigenvalue weighted by Crippen LogP contribution is 2.20. The molecule has 0 amide bonds. The van der Waals surface area contributed by atoms with Crippen molar-refractivity contribution in [2.75, 3.05) is 0 Å². The van der Waals surface area contributed by atoms with E-state index >= 15 is 0 Å². The number of benzene rings is 1. The number of aromatic nitrogens is 1. The number of aromatic hydroxyl groups is 1. The van der Waals surface area contributed by atoms with Crippen LogP contribution in [0.5, 0.6) is 5.75 Å². The van der Waals surface area contributed by atoms with E-state index in [1.807, 2.05) is 0 Å². The molecule has 1 heterocycles. The van der Waals surface area contributed by atoms with Gasteiger partial charge in [0.25, 0.3) is 0 Å². The Hall–Kier alpha value is -1.97. The Morgan fingerprint density at radius 1 is 1.00 bits per heavy atom. The maximum Gasteiger partial charge on any atom is 0.133 e. The fourth-order valence-electron chi connectivity index (χ4n) is 1.26. The monoisotopic (exact) mass is 207 g/mol. The van der Waals surface area contributed by atoms with Gasteiger partial charge < -0.3 is 5.11 Å². The summed E-state index contributed by atoms with van der Waals surface area (Å²) in [4.78, 5) is 3.85. The maximum absolute atomic E-state index is 12.9. The van der Waals surface area contributed by atoms with E-state index < -0.39 is 11.6 Å². The molecule has 0 saturated heterocycles. The second-order valence-corrected chi connectivity index (χ2v) is 3.06. The van der Waals surface area contributed by atoms with Crippen molar-refractivity contribution in [1.29, 1.82) is 0 Å². The summed E-state index contributed by atoms with van der Waals surface area (Å²) in [6.45, 7) is 0. The van der Waals surface area contributed by atoms with Crippen LogP contribution in [-0.2, 0) is 0 Å². The summed E-state index contributed by atoms with van der Waals surface area (Å²) in [6.07, 6.45) is 1.22. The summed E-state index contributed by atoms with van der Waals surface area (Å²) >= 11 is 0. The normalized spacial score (nSPS) is 10.3. The van der Waals surface area contributed by atoms with E-state index in [1.165, 1.54) is 30.5 Å². The first kappa shape index (κ1) is 9.58. The van der Waals surface area contributed by atoms with Crippen LogP contribution in [0.3, 0.4) is 0 Å². The van der Waals surface area contributed by atoms with Gasteiger partial charge in [0.2, 0.25) is 0 Å². The molecule has 0 spiro atoms. The van der Waals surface area contributed by atoms with Crippen LogP contribution in [0.25, 0.3) is 11.3 Å². The summed E-state index contributed by atoms with van der Waals surface area (Å²) in [5, 5.41) is 9.00. The number of rotatable bonds is 1. The highest BCUT2D eigenvalue weighted by atomic mass is 19.1. The topological polar surface area (TPSA) is 33.1 Å². The third-order valence-electron chi connectivity index (χ3n) is 1.91. The largest absolute Gasteiger partial charge is 0.506 e. The van der Waals surface area contributed by atoms with Crippen LogP contribution in [0, 0.1) is 11.6 Å². The Morgan fingerprint density at radius 3 is 2.20 bits per heavy atom. The van der Waals surface area contributed by atoms with Gasteiger partial charge in [-0.25, -0.2) is 8.78 Å². The van der Waals surface area contributed by atoms with Crippen LogP contribution < -0.4 is 0 Å². The van der Waals surface area contributed by atoms with Crippen molar-refractivity contribution in [2.45, 2.75) is 0 Å². The molecule has 1 aromatic carbocycles. The SMILES string of the molecule is Oc1ccc(-c2cc(F)cc(F)c2)nc1. The molecule has 15 heavy (non-hydrogen) atoms. The molecule has 0 atom stereocenters.